The molecule has 3 nitrogen and oxygen atoms in total. The third-order valence-corrected chi connectivity index (χ3v) is 3.03. The highest BCUT2D eigenvalue weighted by Crippen LogP contribution is 2.17. The van der Waals surface area contributed by atoms with E-state index in [2.05, 4.69) is 17.2 Å². The Morgan fingerprint density at radius 3 is 2.71 bits per heavy atom. The largest absolute Gasteiger partial charge is 0.320 e. The van der Waals surface area contributed by atoms with Gasteiger partial charge in [-0.2, -0.15) is 0 Å². The Morgan fingerprint density at radius 2 is 2.00 bits per heavy atom. The zero-order valence-electron chi connectivity index (χ0n) is 11.6. The van der Waals surface area contributed by atoms with Crippen molar-refractivity contribution < 1.29 is 9.18 Å². The number of nitrogens with two attached hydrogens (primary N) is 1. The van der Waals surface area contributed by atoms with E-state index in [4.69, 9.17) is 5.73 Å². The third-order valence-electron chi connectivity index (χ3n) is 3.03. The van der Waals surface area contributed by atoms with Crippen LogP contribution in [0, 0.1) is 24.6 Å². The molecule has 0 radical (unpaired) electrons. The molecule has 0 aromatic heterocycles. The molecule has 0 fully saturated rings. The van der Waals surface area contributed by atoms with Crippen LogP contribution in [-0.2, 0) is 0 Å². The Labute approximate surface area is 123 Å². The molecule has 4 heteroatoms. The van der Waals surface area contributed by atoms with Crippen molar-refractivity contribution in [3.63, 3.8) is 0 Å². The first-order chi connectivity index (χ1) is 10.1. The number of hydrogen-bond acceptors (Lipinski definition) is 2. The van der Waals surface area contributed by atoms with Crippen molar-refractivity contribution in [1.82, 2.24) is 0 Å². The molecule has 0 bridgehead atoms. The second kappa shape index (κ2) is 6.69. The highest BCUT2D eigenvalue weighted by Gasteiger charge is 2.12. The van der Waals surface area contributed by atoms with Gasteiger partial charge in [0.1, 0.15) is 5.82 Å². The number of halogens is 1. The standard InChI is InChI=1S/C17H15FN2O/c1-12-13(7-5-11-19)6-4-8-14(12)17(21)20-16-10-3-2-9-15(16)18/h2-4,6,8-10H,11,19H2,1H3,(H,20,21). The van der Waals surface area contributed by atoms with Crippen molar-refractivity contribution in [2.24, 2.45) is 5.73 Å². The molecule has 0 aliphatic carbocycles. The van der Waals surface area contributed by atoms with Gasteiger partial charge in [-0.25, -0.2) is 4.39 Å². The van der Waals surface area contributed by atoms with Crippen molar-refractivity contribution in [3.05, 3.63) is 65.0 Å². The van der Waals surface area contributed by atoms with Crippen molar-refractivity contribution >= 4 is 11.6 Å². The normalized spacial score (nSPS) is 9.67. The predicted molar refractivity (Wildman–Crippen MR) is 81.5 cm³/mol. The molecule has 0 heterocycles. The van der Waals surface area contributed by atoms with E-state index < -0.39 is 5.82 Å². The van der Waals surface area contributed by atoms with Gasteiger partial charge in [0.05, 0.1) is 12.2 Å². The summed E-state index contributed by atoms with van der Waals surface area (Å²) in [4.78, 5) is 12.3. The highest BCUT2D eigenvalue weighted by atomic mass is 19.1. The minimum absolute atomic E-state index is 0.153. The van der Waals surface area contributed by atoms with E-state index in [0.29, 0.717) is 5.56 Å². The Kier molecular flexibility index (Phi) is 4.70. The lowest BCUT2D eigenvalue weighted by molar-refractivity contribution is 0.102. The van der Waals surface area contributed by atoms with Crippen LogP contribution in [0.1, 0.15) is 21.5 Å². The van der Waals surface area contributed by atoms with Crippen LogP contribution in [-0.4, -0.2) is 12.5 Å². The van der Waals surface area contributed by atoms with Gasteiger partial charge in [0.25, 0.3) is 5.91 Å². The topological polar surface area (TPSA) is 55.1 Å². The molecule has 2 rings (SSSR count). The number of benzene rings is 2. The lowest BCUT2D eigenvalue weighted by Crippen LogP contribution is -2.14. The summed E-state index contributed by atoms with van der Waals surface area (Å²) in [7, 11) is 0. The fourth-order valence-electron chi connectivity index (χ4n) is 1.92. The fourth-order valence-corrected chi connectivity index (χ4v) is 1.92. The predicted octanol–water partition coefficient (Wildman–Crippen LogP) is 2.70. The van der Waals surface area contributed by atoms with Crippen LogP contribution < -0.4 is 11.1 Å². The zero-order valence-corrected chi connectivity index (χ0v) is 11.6. The molecule has 21 heavy (non-hydrogen) atoms. The van der Waals surface area contributed by atoms with Crippen molar-refractivity contribution in [2.45, 2.75) is 6.92 Å². The van der Waals surface area contributed by atoms with E-state index in [1.807, 2.05) is 6.07 Å². The summed E-state index contributed by atoms with van der Waals surface area (Å²) in [6, 6.07) is 11.3. The minimum Gasteiger partial charge on any atom is -0.320 e. The Bertz CT molecular complexity index is 729. The van der Waals surface area contributed by atoms with E-state index in [-0.39, 0.29) is 18.1 Å². The Balaban J connectivity index is 2.30. The highest BCUT2D eigenvalue weighted by molar-refractivity contribution is 6.05. The average molecular weight is 282 g/mol. The summed E-state index contributed by atoms with van der Waals surface area (Å²) in [5, 5.41) is 2.56. The second-order valence-electron chi connectivity index (χ2n) is 4.42. The maximum atomic E-state index is 13.6. The zero-order chi connectivity index (χ0) is 15.2. The van der Waals surface area contributed by atoms with Gasteiger partial charge < -0.3 is 11.1 Å². The number of carbonyl (C=O) groups excluding carboxylic acids is 1. The van der Waals surface area contributed by atoms with E-state index in [0.717, 1.165) is 11.1 Å². The molecule has 1 amide bonds. The second-order valence-corrected chi connectivity index (χ2v) is 4.42. The van der Waals surface area contributed by atoms with Gasteiger partial charge >= 0.3 is 0 Å². The molecular weight excluding hydrogens is 267 g/mol. The summed E-state index contributed by atoms with van der Waals surface area (Å²) >= 11 is 0. The monoisotopic (exact) mass is 282 g/mol. The number of anilines is 1. The molecule has 0 aliphatic rings. The van der Waals surface area contributed by atoms with E-state index in [9.17, 15) is 9.18 Å². The minimum atomic E-state index is -0.470. The summed E-state index contributed by atoms with van der Waals surface area (Å²) in [5.41, 5.74) is 7.44. The molecule has 0 spiro atoms. The van der Waals surface area contributed by atoms with Crippen LogP contribution in [0.2, 0.25) is 0 Å². The quantitative estimate of drug-likeness (QED) is 0.832. The maximum Gasteiger partial charge on any atom is 0.256 e. The molecule has 3 N–H and O–H groups in total. The van der Waals surface area contributed by atoms with Crippen LogP contribution >= 0.6 is 0 Å². The van der Waals surface area contributed by atoms with Gasteiger partial charge in [-0.05, 0) is 36.8 Å². The van der Waals surface area contributed by atoms with Crippen molar-refractivity contribution in [2.75, 3.05) is 11.9 Å². The van der Waals surface area contributed by atoms with Gasteiger partial charge in [0.15, 0.2) is 0 Å². The van der Waals surface area contributed by atoms with Crippen molar-refractivity contribution in [3.8, 4) is 11.8 Å². The van der Waals surface area contributed by atoms with E-state index in [1.165, 1.54) is 12.1 Å². The number of para-hydroxylation sites is 1. The first-order valence-corrected chi connectivity index (χ1v) is 6.48. The van der Waals surface area contributed by atoms with Crippen LogP contribution in [0.25, 0.3) is 0 Å². The number of carbonyl (C=O) groups is 1. The molecule has 0 aliphatic heterocycles. The van der Waals surface area contributed by atoms with Gasteiger partial charge in [-0.1, -0.05) is 30.0 Å². The summed E-state index contributed by atoms with van der Waals surface area (Å²) in [6.45, 7) is 2.06. The number of hydrogen-bond donors (Lipinski definition) is 2. The lowest BCUT2D eigenvalue weighted by atomic mass is 10.0. The van der Waals surface area contributed by atoms with Gasteiger partial charge in [-0.3, -0.25) is 4.79 Å². The van der Waals surface area contributed by atoms with E-state index in [1.54, 1.807) is 31.2 Å². The fraction of sp³-hybridized carbons (Fsp3) is 0.118. The summed E-state index contributed by atoms with van der Waals surface area (Å²) in [5.74, 6) is 4.83. The first-order valence-electron chi connectivity index (χ1n) is 6.48. The molecule has 0 unspecified atom stereocenters. The molecule has 0 saturated heterocycles. The lowest BCUT2D eigenvalue weighted by Gasteiger charge is -2.09. The number of amides is 1. The maximum absolute atomic E-state index is 13.6. The van der Waals surface area contributed by atoms with Crippen LogP contribution in [0.3, 0.4) is 0 Å². The SMILES string of the molecule is Cc1c(C#CCN)cccc1C(=O)Nc1ccccc1F. The molecule has 106 valence electrons. The molecule has 2 aromatic rings. The Morgan fingerprint density at radius 1 is 1.24 bits per heavy atom. The summed E-state index contributed by atoms with van der Waals surface area (Å²) < 4.78 is 13.6. The molecule has 2 aromatic carbocycles. The smallest absolute Gasteiger partial charge is 0.256 e. The molecule has 0 saturated carbocycles. The van der Waals surface area contributed by atoms with Gasteiger partial charge in [-0.15, -0.1) is 0 Å². The first kappa shape index (κ1) is 14.8. The van der Waals surface area contributed by atoms with E-state index >= 15 is 0 Å². The number of rotatable bonds is 2. The number of nitrogens with one attached hydrogen (secondary N) is 1. The third kappa shape index (κ3) is 3.47. The molecule has 0 atom stereocenters. The van der Waals surface area contributed by atoms with Crippen LogP contribution in [0.15, 0.2) is 42.5 Å². The summed E-state index contributed by atoms with van der Waals surface area (Å²) in [6.07, 6.45) is 0. The molecular formula is C17H15FN2O. The van der Waals surface area contributed by atoms with Crippen LogP contribution in [0.4, 0.5) is 10.1 Å². The van der Waals surface area contributed by atoms with Crippen LogP contribution in [0.5, 0.6) is 0 Å². The van der Waals surface area contributed by atoms with Gasteiger partial charge in [0.2, 0.25) is 0 Å². The van der Waals surface area contributed by atoms with Gasteiger partial charge in [0, 0.05) is 11.1 Å². The average Bonchev–Trinajstić information content (AvgIpc) is 2.48. The Hall–Kier alpha value is -2.64. The van der Waals surface area contributed by atoms with Crippen molar-refractivity contribution in [1.29, 1.82) is 0 Å².